The van der Waals surface area contributed by atoms with Gasteiger partial charge < -0.3 is 10.4 Å². The first kappa shape index (κ1) is 14.9. The first-order chi connectivity index (χ1) is 9.88. The smallest absolute Gasteiger partial charge is 0.337 e. The third-order valence-corrected chi connectivity index (χ3v) is 2.96. The van der Waals surface area contributed by atoms with Crippen molar-refractivity contribution in [2.75, 3.05) is 5.32 Å². The molecule has 108 valence electrons. The second-order valence-electron chi connectivity index (χ2n) is 4.08. The van der Waals surface area contributed by atoms with Crippen molar-refractivity contribution in [2.24, 2.45) is 0 Å². The molecule has 0 aliphatic heterocycles. The number of aromatic carboxylic acids is 1. The average Bonchev–Trinajstić information content (AvgIpc) is 2.43. The lowest BCUT2D eigenvalue weighted by Gasteiger charge is -2.08. The van der Waals surface area contributed by atoms with E-state index in [0.29, 0.717) is 0 Å². The van der Waals surface area contributed by atoms with Gasteiger partial charge in [-0.05, 0) is 36.4 Å². The molecule has 0 heterocycles. The van der Waals surface area contributed by atoms with Crippen LogP contribution >= 0.6 is 11.6 Å². The third kappa shape index (κ3) is 3.35. The second-order valence-corrected chi connectivity index (χ2v) is 4.49. The van der Waals surface area contributed by atoms with Gasteiger partial charge in [0.15, 0.2) is 0 Å². The number of hydrogen-bond donors (Lipinski definition) is 2. The van der Waals surface area contributed by atoms with Crippen molar-refractivity contribution in [3.8, 4) is 0 Å². The lowest BCUT2D eigenvalue weighted by atomic mass is 10.1. The highest BCUT2D eigenvalue weighted by atomic mass is 35.5. The van der Waals surface area contributed by atoms with Crippen molar-refractivity contribution in [3.63, 3.8) is 0 Å². The number of nitrogens with one attached hydrogen (secondary N) is 1. The molecule has 21 heavy (non-hydrogen) atoms. The number of rotatable bonds is 3. The van der Waals surface area contributed by atoms with Gasteiger partial charge in [0.25, 0.3) is 5.91 Å². The zero-order chi connectivity index (χ0) is 15.6. The van der Waals surface area contributed by atoms with Gasteiger partial charge in [-0.2, -0.15) is 0 Å². The molecule has 0 aliphatic carbocycles. The van der Waals surface area contributed by atoms with Crippen LogP contribution in [0.3, 0.4) is 0 Å². The van der Waals surface area contributed by atoms with Gasteiger partial charge in [0.1, 0.15) is 11.6 Å². The molecule has 0 atom stereocenters. The minimum absolute atomic E-state index is 0.00237. The maximum Gasteiger partial charge on any atom is 0.337 e. The molecule has 7 heteroatoms. The summed E-state index contributed by atoms with van der Waals surface area (Å²) >= 11 is 5.69. The van der Waals surface area contributed by atoms with Crippen molar-refractivity contribution < 1.29 is 23.5 Å². The molecule has 2 N–H and O–H groups in total. The van der Waals surface area contributed by atoms with E-state index in [4.69, 9.17) is 16.7 Å². The van der Waals surface area contributed by atoms with Crippen LogP contribution in [0, 0.1) is 11.6 Å². The largest absolute Gasteiger partial charge is 0.478 e. The molecule has 0 fully saturated rings. The summed E-state index contributed by atoms with van der Waals surface area (Å²) in [7, 11) is 0. The molecule has 0 bridgehead atoms. The van der Waals surface area contributed by atoms with Crippen LogP contribution in [0.5, 0.6) is 0 Å². The predicted molar refractivity (Wildman–Crippen MR) is 72.7 cm³/mol. The first-order valence-electron chi connectivity index (χ1n) is 5.67. The predicted octanol–water partition coefficient (Wildman–Crippen LogP) is 3.57. The SMILES string of the molecule is O=C(Nc1ccc(Cl)c(C(=O)O)c1)c1cc(F)ccc1F. The molecule has 2 rings (SSSR count). The van der Waals surface area contributed by atoms with Gasteiger partial charge in [-0.15, -0.1) is 0 Å². The van der Waals surface area contributed by atoms with Crippen molar-refractivity contribution in [1.82, 2.24) is 0 Å². The second kappa shape index (κ2) is 5.88. The van der Waals surface area contributed by atoms with Gasteiger partial charge in [-0.25, -0.2) is 13.6 Å². The Morgan fingerprint density at radius 3 is 2.43 bits per heavy atom. The van der Waals surface area contributed by atoms with E-state index in [1.54, 1.807) is 0 Å². The Balaban J connectivity index is 2.29. The van der Waals surface area contributed by atoms with Crippen LogP contribution < -0.4 is 5.32 Å². The highest BCUT2D eigenvalue weighted by Crippen LogP contribution is 2.21. The van der Waals surface area contributed by atoms with E-state index in [1.807, 2.05) is 0 Å². The fourth-order valence-electron chi connectivity index (χ4n) is 1.64. The van der Waals surface area contributed by atoms with Gasteiger partial charge >= 0.3 is 5.97 Å². The van der Waals surface area contributed by atoms with Crippen molar-refractivity contribution in [1.29, 1.82) is 0 Å². The first-order valence-corrected chi connectivity index (χ1v) is 6.05. The van der Waals surface area contributed by atoms with E-state index in [0.717, 1.165) is 24.3 Å². The molecule has 2 aromatic rings. The van der Waals surface area contributed by atoms with Crippen LogP contribution in [0.2, 0.25) is 5.02 Å². The Morgan fingerprint density at radius 1 is 1.05 bits per heavy atom. The number of halogens is 3. The summed E-state index contributed by atoms with van der Waals surface area (Å²) in [6.07, 6.45) is 0. The number of amides is 1. The van der Waals surface area contributed by atoms with E-state index >= 15 is 0 Å². The number of anilines is 1. The molecule has 0 unspecified atom stereocenters. The summed E-state index contributed by atoms with van der Waals surface area (Å²) in [6, 6.07) is 6.22. The Labute approximate surface area is 123 Å². The van der Waals surface area contributed by atoms with Crippen LogP contribution in [0.4, 0.5) is 14.5 Å². The summed E-state index contributed by atoms with van der Waals surface area (Å²) < 4.78 is 26.5. The maximum absolute atomic E-state index is 13.5. The van der Waals surface area contributed by atoms with Crippen molar-refractivity contribution in [3.05, 3.63) is 64.2 Å². The Hall–Kier alpha value is -2.47. The third-order valence-electron chi connectivity index (χ3n) is 2.63. The molecule has 1 amide bonds. The number of carboxylic acids is 1. The minimum atomic E-state index is -1.27. The van der Waals surface area contributed by atoms with Crippen LogP contribution in [0.25, 0.3) is 0 Å². The Kier molecular flexibility index (Phi) is 4.18. The Bertz CT molecular complexity index is 734. The van der Waals surface area contributed by atoms with E-state index in [-0.39, 0.29) is 16.3 Å². The summed E-state index contributed by atoms with van der Waals surface area (Å²) in [5.74, 6) is -3.82. The van der Waals surface area contributed by atoms with Gasteiger partial charge in [-0.3, -0.25) is 4.79 Å². The number of carbonyl (C=O) groups is 2. The standard InChI is InChI=1S/C14H8ClF2NO3/c15-11-3-2-8(6-9(11)14(20)21)18-13(19)10-5-7(16)1-4-12(10)17/h1-6H,(H,18,19)(H,20,21). The molecule has 0 spiro atoms. The van der Waals surface area contributed by atoms with Crippen LogP contribution in [-0.2, 0) is 0 Å². The fraction of sp³-hybridized carbons (Fsp3) is 0. The molecular formula is C14H8ClF2NO3. The lowest BCUT2D eigenvalue weighted by Crippen LogP contribution is -2.14. The fourth-order valence-corrected chi connectivity index (χ4v) is 1.84. The van der Waals surface area contributed by atoms with Crippen LogP contribution in [-0.4, -0.2) is 17.0 Å². The zero-order valence-corrected chi connectivity index (χ0v) is 11.1. The summed E-state index contributed by atoms with van der Waals surface area (Å²) in [4.78, 5) is 22.8. The molecule has 0 radical (unpaired) electrons. The monoisotopic (exact) mass is 311 g/mol. The molecule has 0 saturated heterocycles. The van der Waals surface area contributed by atoms with E-state index in [2.05, 4.69) is 5.32 Å². The quantitative estimate of drug-likeness (QED) is 0.910. The van der Waals surface area contributed by atoms with E-state index < -0.39 is 29.1 Å². The lowest BCUT2D eigenvalue weighted by molar-refractivity contribution is 0.0696. The molecular weight excluding hydrogens is 304 g/mol. The van der Waals surface area contributed by atoms with Crippen molar-refractivity contribution in [2.45, 2.75) is 0 Å². The number of carbonyl (C=O) groups excluding carboxylic acids is 1. The minimum Gasteiger partial charge on any atom is -0.478 e. The van der Waals surface area contributed by atoms with Gasteiger partial charge in [-0.1, -0.05) is 11.6 Å². The maximum atomic E-state index is 13.5. The summed E-state index contributed by atoms with van der Waals surface area (Å²) in [5.41, 5.74) is -0.596. The average molecular weight is 312 g/mol. The van der Waals surface area contributed by atoms with Crippen LogP contribution in [0.1, 0.15) is 20.7 Å². The van der Waals surface area contributed by atoms with E-state index in [1.165, 1.54) is 12.1 Å². The molecule has 0 saturated carbocycles. The zero-order valence-electron chi connectivity index (χ0n) is 10.4. The van der Waals surface area contributed by atoms with Gasteiger partial charge in [0.05, 0.1) is 16.1 Å². The molecule has 4 nitrogen and oxygen atoms in total. The number of hydrogen-bond acceptors (Lipinski definition) is 2. The van der Waals surface area contributed by atoms with E-state index in [9.17, 15) is 18.4 Å². The molecule has 0 aromatic heterocycles. The van der Waals surface area contributed by atoms with Crippen molar-refractivity contribution >= 4 is 29.2 Å². The van der Waals surface area contributed by atoms with Gasteiger partial charge in [0, 0.05) is 5.69 Å². The topological polar surface area (TPSA) is 66.4 Å². The van der Waals surface area contributed by atoms with Gasteiger partial charge in [0.2, 0.25) is 0 Å². The Morgan fingerprint density at radius 2 is 1.76 bits per heavy atom. The molecule has 2 aromatic carbocycles. The molecule has 0 aliphatic rings. The number of benzene rings is 2. The summed E-state index contributed by atoms with van der Waals surface area (Å²) in [6.45, 7) is 0. The summed E-state index contributed by atoms with van der Waals surface area (Å²) in [5, 5.41) is 11.2. The highest BCUT2D eigenvalue weighted by molar-refractivity contribution is 6.33. The normalized spacial score (nSPS) is 10.2. The van der Waals surface area contributed by atoms with Crippen LogP contribution in [0.15, 0.2) is 36.4 Å². The number of carboxylic acid groups (broad SMARTS) is 1. The highest BCUT2D eigenvalue weighted by Gasteiger charge is 2.15.